The van der Waals surface area contributed by atoms with Gasteiger partial charge in [0.1, 0.15) is 0 Å². The summed E-state index contributed by atoms with van der Waals surface area (Å²) in [5.41, 5.74) is 1.94. The fourth-order valence-electron chi connectivity index (χ4n) is 2.63. The van der Waals surface area contributed by atoms with E-state index in [0.29, 0.717) is 4.88 Å². The highest BCUT2D eigenvalue weighted by atomic mass is 32.2. The van der Waals surface area contributed by atoms with Crippen molar-refractivity contribution in [1.82, 2.24) is 10.0 Å². The third-order valence-corrected chi connectivity index (χ3v) is 6.83. The van der Waals surface area contributed by atoms with E-state index in [0.717, 1.165) is 21.2 Å². The molecule has 0 saturated carbocycles. The van der Waals surface area contributed by atoms with E-state index in [9.17, 15) is 13.2 Å². The number of aryl methyl sites for hydroxylation is 2. The number of benzene rings is 2. The highest BCUT2D eigenvalue weighted by Gasteiger charge is 2.16. The second kappa shape index (κ2) is 7.57. The lowest BCUT2D eigenvalue weighted by Gasteiger charge is -2.08. The molecule has 0 radical (unpaired) electrons. The molecule has 2 N–H and O–H groups in total. The van der Waals surface area contributed by atoms with Crippen LogP contribution in [0.15, 0.2) is 53.4 Å². The largest absolute Gasteiger partial charge is 0.350 e. The van der Waals surface area contributed by atoms with Crippen molar-refractivity contribution in [2.45, 2.75) is 18.7 Å². The van der Waals surface area contributed by atoms with Gasteiger partial charge in [-0.2, -0.15) is 0 Å². The molecule has 0 fully saturated rings. The quantitative estimate of drug-likeness (QED) is 0.637. The molecule has 1 aromatic heterocycles. The molecule has 1 heterocycles. The Hall–Kier alpha value is -2.22. The summed E-state index contributed by atoms with van der Waals surface area (Å²) in [5, 5.41) is 3.85. The molecule has 26 heavy (non-hydrogen) atoms. The summed E-state index contributed by atoms with van der Waals surface area (Å²) in [6, 6.07) is 14.5. The monoisotopic (exact) mass is 388 g/mol. The van der Waals surface area contributed by atoms with Crippen molar-refractivity contribution in [3.8, 4) is 0 Å². The first kappa shape index (κ1) is 18.6. The molecular weight excluding hydrogens is 368 g/mol. The number of hydrogen-bond acceptors (Lipinski definition) is 4. The number of rotatable bonds is 6. The SMILES string of the molecule is Cc1ccc(S(=O)(=O)NCCNC(=O)c2sc3ccccc3c2C)cc1. The van der Waals surface area contributed by atoms with Gasteiger partial charge in [0.25, 0.3) is 5.91 Å². The molecule has 0 spiro atoms. The van der Waals surface area contributed by atoms with E-state index in [1.807, 2.05) is 38.1 Å². The number of carbonyl (C=O) groups is 1. The van der Waals surface area contributed by atoms with Crippen molar-refractivity contribution in [2.75, 3.05) is 13.1 Å². The third-order valence-electron chi connectivity index (χ3n) is 4.08. The standard InChI is InChI=1S/C19H20N2O3S2/c1-13-7-9-15(10-8-13)26(23,24)21-12-11-20-19(22)18-14(2)16-5-3-4-6-17(16)25-18/h3-10,21H,11-12H2,1-2H3,(H,20,22). The summed E-state index contributed by atoms with van der Waals surface area (Å²) in [6.45, 7) is 4.17. The maximum Gasteiger partial charge on any atom is 0.261 e. The van der Waals surface area contributed by atoms with Gasteiger partial charge in [-0.05, 0) is 43.0 Å². The molecule has 2 aromatic carbocycles. The molecular formula is C19H20N2O3S2. The van der Waals surface area contributed by atoms with Gasteiger partial charge in [0, 0.05) is 17.8 Å². The van der Waals surface area contributed by atoms with E-state index in [1.165, 1.54) is 11.3 Å². The summed E-state index contributed by atoms with van der Waals surface area (Å²) in [4.78, 5) is 13.3. The number of hydrogen-bond donors (Lipinski definition) is 2. The zero-order valence-corrected chi connectivity index (χ0v) is 16.2. The second-order valence-corrected chi connectivity index (χ2v) is 8.84. The Morgan fingerprint density at radius 3 is 2.38 bits per heavy atom. The fourth-order valence-corrected chi connectivity index (χ4v) is 4.79. The van der Waals surface area contributed by atoms with Crippen molar-refractivity contribution in [3.05, 3.63) is 64.5 Å². The maximum absolute atomic E-state index is 12.4. The number of amides is 1. The Labute approximate surface area is 157 Å². The fraction of sp³-hybridized carbons (Fsp3) is 0.211. The molecule has 0 aliphatic carbocycles. The van der Waals surface area contributed by atoms with Crippen LogP contribution in [0.4, 0.5) is 0 Å². The van der Waals surface area contributed by atoms with Crippen molar-refractivity contribution in [2.24, 2.45) is 0 Å². The predicted molar refractivity (Wildman–Crippen MR) is 105 cm³/mol. The van der Waals surface area contributed by atoms with Crippen LogP contribution in [-0.2, 0) is 10.0 Å². The first-order chi connectivity index (χ1) is 12.4. The molecule has 1 amide bonds. The molecule has 7 heteroatoms. The Morgan fingerprint density at radius 2 is 1.69 bits per heavy atom. The van der Waals surface area contributed by atoms with E-state index < -0.39 is 10.0 Å². The van der Waals surface area contributed by atoms with Crippen molar-refractivity contribution >= 4 is 37.4 Å². The Bertz CT molecular complexity index is 1040. The molecule has 0 unspecified atom stereocenters. The van der Waals surface area contributed by atoms with Crippen LogP contribution in [0.2, 0.25) is 0 Å². The number of carbonyl (C=O) groups excluding carboxylic acids is 1. The lowest BCUT2D eigenvalue weighted by atomic mass is 10.1. The van der Waals surface area contributed by atoms with Gasteiger partial charge in [0.05, 0.1) is 9.77 Å². The van der Waals surface area contributed by atoms with Crippen LogP contribution < -0.4 is 10.0 Å². The van der Waals surface area contributed by atoms with Crippen molar-refractivity contribution < 1.29 is 13.2 Å². The van der Waals surface area contributed by atoms with Crippen molar-refractivity contribution in [1.29, 1.82) is 0 Å². The average Bonchev–Trinajstić information content (AvgIpc) is 2.96. The highest BCUT2D eigenvalue weighted by molar-refractivity contribution is 7.89. The first-order valence-electron chi connectivity index (χ1n) is 8.21. The Balaban J connectivity index is 1.58. The topological polar surface area (TPSA) is 75.3 Å². The molecule has 136 valence electrons. The predicted octanol–water partition coefficient (Wildman–Crippen LogP) is 3.23. The highest BCUT2D eigenvalue weighted by Crippen LogP contribution is 2.30. The van der Waals surface area contributed by atoms with E-state index >= 15 is 0 Å². The van der Waals surface area contributed by atoms with Crippen molar-refractivity contribution in [3.63, 3.8) is 0 Å². The molecule has 0 aliphatic heterocycles. The van der Waals surface area contributed by atoms with Gasteiger partial charge in [-0.1, -0.05) is 35.9 Å². The number of thiophene rings is 1. The van der Waals surface area contributed by atoms with Gasteiger partial charge in [0.2, 0.25) is 10.0 Å². The van der Waals surface area contributed by atoms with Gasteiger partial charge in [-0.25, -0.2) is 13.1 Å². The van der Waals surface area contributed by atoms with Crippen LogP contribution in [0.3, 0.4) is 0 Å². The molecule has 0 bridgehead atoms. The van der Waals surface area contributed by atoms with Gasteiger partial charge >= 0.3 is 0 Å². The third kappa shape index (κ3) is 3.95. The normalized spacial score (nSPS) is 11.6. The molecule has 0 saturated heterocycles. The van der Waals surface area contributed by atoms with Crippen LogP contribution in [0.25, 0.3) is 10.1 Å². The van der Waals surface area contributed by atoms with E-state index in [4.69, 9.17) is 0 Å². The van der Waals surface area contributed by atoms with Crippen LogP contribution in [0.5, 0.6) is 0 Å². The molecule has 3 aromatic rings. The summed E-state index contributed by atoms with van der Waals surface area (Å²) >= 11 is 1.44. The lowest BCUT2D eigenvalue weighted by molar-refractivity contribution is 0.0958. The number of fused-ring (bicyclic) bond motifs is 1. The van der Waals surface area contributed by atoms with Crippen LogP contribution in [0, 0.1) is 13.8 Å². The van der Waals surface area contributed by atoms with Gasteiger partial charge in [-0.3, -0.25) is 4.79 Å². The minimum Gasteiger partial charge on any atom is -0.350 e. The number of sulfonamides is 1. The van der Waals surface area contributed by atoms with Gasteiger partial charge < -0.3 is 5.32 Å². The van der Waals surface area contributed by atoms with E-state index in [1.54, 1.807) is 24.3 Å². The van der Waals surface area contributed by atoms with Gasteiger partial charge in [-0.15, -0.1) is 11.3 Å². The minimum atomic E-state index is -3.57. The zero-order valence-electron chi connectivity index (χ0n) is 14.6. The van der Waals surface area contributed by atoms with Crippen LogP contribution in [-0.4, -0.2) is 27.4 Å². The molecule has 0 aliphatic rings. The van der Waals surface area contributed by atoms with E-state index in [2.05, 4.69) is 10.0 Å². The lowest BCUT2D eigenvalue weighted by Crippen LogP contribution is -2.34. The molecule has 0 atom stereocenters. The summed E-state index contributed by atoms with van der Waals surface area (Å²) in [7, 11) is -3.57. The van der Waals surface area contributed by atoms with Crippen LogP contribution in [0.1, 0.15) is 20.8 Å². The molecule has 5 nitrogen and oxygen atoms in total. The van der Waals surface area contributed by atoms with E-state index in [-0.39, 0.29) is 23.9 Å². The Kier molecular flexibility index (Phi) is 5.41. The molecule has 3 rings (SSSR count). The maximum atomic E-state index is 12.4. The Morgan fingerprint density at radius 1 is 1.00 bits per heavy atom. The summed E-state index contributed by atoms with van der Waals surface area (Å²) in [5.74, 6) is -0.182. The second-order valence-electron chi connectivity index (χ2n) is 6.02. The average molecular weight is 389 g/mol. The summed E-state index contributed by atoms with van der Waals surface area (Å²) < 4.78 is 28.0. The minimum absolute atomic E-state index is 0.131. The van der Waals surface area contributed by atoms with Crippen LogP contribution >= 0.6 is 11.3 Å². The number of nitrogens with one attached hydrogen (secondary N) is 2. The first-order valence-corrected chi connectivity index (χ1v) is 10.5. The zero-order chi connectivity index (χ0) is 18.7. The summed E-state index contributed by atoms with van der Waals surface area (Å²) in [6.07, 6.45) is 0. The van der Waals surface area contributed by atoms with Gasteiger partial charge in [0.15, 0.2) is 0 Å². The smallest absolute Gasteiger partial charge is 0.261 e.